The third-order valence-corrected chi connectivity index (χ3v) is 3.64. The molecule has 1 aromatic rings. The summed E-state index contributed by atoms with van der Waals surface area (Å²) in [6.45, 7) is 7.30. The van der Waals surface area contributed by atoms with E-state index < -0.39 is 0 Å². The number of tetrazole rings is 1. The van der Waals surface area contributed by atoms with Gasteiger partial charge in [0, 0.05) is 26.2 Å². The quantitative estimate of drug-likeness (QED) is 0.722. The molecule has 1 saturated heterocycles. The van der Waals surface area contributed by atoms with Gasteiger partial charge >= 0.3 is 0 Å². The molecule has 1 fully saturated rings. The molecule has 1 N–H and O–H groups in total. The largest absolute Gasteiger partial charge is 0.383 e. The number of hydrogen-bond acceptors (Lipinski definition) is 6. The fourth-order valence-electron chi connectivity index (χ4n) is 2.36. The monoisotopic (exact) mass is 269 g/mol. The molecule has 1 aliphatic heterocycles. The Bertz CT molecular complexity index is 384. The van der Waals surface area contributed by atoms with Crippen molar-refractivity contribution in [3.05, 3.63) is 5.82 Å². The van der Waals surface area contributed by atoms with Gasteiger partial charge < -0.3 is 14.8 Å². The zero-order valence-corrected chi connectivity index (χ0v) is 11.9. The molecule has 7 nitrogen and oxygen atoms in total. The van der Waals surface area contributed by atoms with Gasteiger partial charge in [-0.3, -0.25) is 0 Å². The Morgan fingerprint density at radius 1 is 1.58 bits per heavy atom. The van der Waals surface area contributed by atoms with Crippen LogP contribution in [0.1, 0.15) is 32.1 Å². The Hall–Kier alpha value is -1.05. The molecule has 0 spiro atoms. The number of nitrogens with one attached hydrogen (secondary N) is 1. The van der Waals surface area contributed by atoms with Crippen molar-refractivity contribution in [2.75, 3.05) is 26.9 Å². The standard InChI is InChI=1S/C12H23N5O2/c1-9(13-5-7-18-3)12-14-15-16-17(12)8-11-4-6-19-10(11)2/h9-11,13H,4-8H2,1-3H3. The molecule has 2 rings (SSSR count). The first-order chi connectivity index (χ1) is 9.22. The van der Waals surface area contributed by atoms with Gasteiger partial charge in [-0.25, -0.2) is 4.68 Å². The van der Waals surface area contributed by atoms with Gasteiger partial charge in [0.25, 0.3) is 0 Å². The molecule has 0 radical (unpaired) electrons. The maximum Gasteiger partial charge on any atom is 0.167 e. The van der Waals surface area contributed by atoms with Crippen LogP contribution in [-0.4, -0.2) is 53.2 Å². The zero-order chi connectivity index (χ0) is 13.7. The van der Waals surface area contributed by atoms with Gasteiger partial charge in [-0.1, -0.05) is 0 Å². The van der Waals surface area contributed by atoms with Crippen molar-refractivity contribution in [3.63, 3.8) is 0 Å². The van der Waals surface area contributed by atoms with Crippen molar-refractivity contribution in [3.8, 4) is 0 Å². The number of methoxy groups -OCH3 is 1. The Morgan fingerprint density at radius 2 is 2.42 bits per heavy atom. The van der Waals surface area contributed by atoms with Crippen molar-refractivity contribution >= 4 is 0 Å². The molecular formula is C12H23N5O2. The summed E-state index contributed by atoms with van der Waals surface area (Å²) in [7, 11) is 1.69. The van der Waals surface area contributed by atoms with Crippen LogP contribution in [0.25, 0.3) is 0 Å². The minimum absolute atomic E-state index is 0.114. The summed E-state index contributed by atoms with van der Waals surface area (Å²) in [5, 5.41) is 15.3. The SMILES string of the molecule is COCCNC(C)c1nnnn1CC1CCOC1C. The smallest absolute Gasteiger partial charge is 0.167 e. The summed E-state index contributed by atoms with van der Waals surface area (Å²) >= 11 is 0. The third kappa shape index (κ3) is 3.71. The van der Waals surface area contributed by atoms with E-state index in [0.29, 0.717) is 12.5 Å². The van der Waals surface area contributed by atoms with E-state index in [1.807, 2.05) is 4.68 Å². The lowest BCUT2D eigenvalue weighted by atomic mass is 10.0. The van der Waals surface area contributed by atoms with Crippen LogP contribution in [0, 0.1) is 5.92 Å². The normalized spacial score (nSPS) is 24.8. The molecule has 3 unspecified atom stereocenters. The number of hydrogen-bond donors (Lipinski definition) is 1. The Labute approximate surface area is 113 Å². The summed E-state index contributed by atoms with van der Waals surface area (Å²) < 4.78 is 12.5. The van der Waals surface area contributed by atoms with E-state index in [-0.39, 0.29) is 12.1 Å². The lowest BCUT2D eigenvalue weighted by molar-refractivity contribution is 0.100. The lowest BCUT2D eigenvalue weighted by Gasteiger charge is -2.17. The first-order valence-electron chi connectivity index (χ1n) is 6.82. The van der Waals surface area contributed by atoms with E-state index >= 15 is 0 Å². The molecule has 1 aliphatic rings. The van der Waals surface area contributed by atoms with Crippen molar-refractivity contribution in [1.82, 2.24) is 25.5 Å². The Morgan fingerprint density at radius 3 is 3.11 bits per heavy atom. The molecule has 7 heteroatoms. The van der Waals surface area contributed by atoms with Crippen LogP contribution in [0.15, 0.2) is 0 Å². The highest BCUT2D eigenvalue weighted by Crippen LogP contribution is 2.22. The van der Waals surface area contributed by atoms with Crippen LogP contribution in [-0.2, 0) is 16.0 Å². The summed E-state index contributed by atoms with van der Waals surface area (Å²) in [6.07, 6.45) is 1.36. The van der Waals surface area contributed by atoms with Crippen LogP contribution in [0.5, 0.6) is 0 Å². The molecule has 0 saturated carbocycles. The predicted molar refractivity (Wildman–Crippen MR) is 69.6 cm³/mol. The molecule has 19 heavy (non-hydrogen) atoms. The molecule has 0 bridgehead atoms. The van der Waals surface area contributed by atoms with Crippen LogP contribution < -0.4 is 5.32 Å². The number of rotatable bonds is 7. The van der Waals surface area contributed by atoms with Crippen molar-refractivity contribution in [1.29, 1.82) is 0 Å². The number of aromatic nitrogens is 4. The molecule has 3 atom stereocenters. The molecule has 1 aromatic heterocycles. The number of nitrogens with zero attached hydrogens (tertiary/aromatic N) is 4. The van der Waals surface area contributed by atoms with Gasteiger partial charge in [-0.05, 0) is 30.7 Å². The summed E-state index contributed by atoms with van der Waals surface area (Å²) in [5.41, 5.74) is 0. The predicted octanol–water partition coefficient (Wildman–Crippen LogP) is 0.395. The Kier molecular flexibility index (Phi) is 5.24. The zero-order valence-electron chi connectivity index (χ0n) is 11.9. The first-order valence-corrected chi connectivity index (χ1v) is 6.82. The minimum atomic E-state index is 0.114. The van der Waals surface area contributed by atoms with Crippen LogP contribution in [0.3, 0.4) is 0 Å². The van der Waals surface area contributed by atoms with E-state index in [9.17, 15) is 0 Å². The fourth-order valence-corrected chi connectivity index (χ4v) is 2.36. The first kappa shape index (κ1) is 14.4. The lowest BCUT2D eigenvalue weighted by Crippen LogP contribution is -2.27. The maximum atomic E-state index is 5.58. The highest BCUT2D eigenvalue weighted by atomic mass is 16.5. The van der Waals surface area contributed by atoms with Gasteiger partial charge in [0.05, 0.1) is 25.3 Å². The number of ether oxygens (including phenoxy) is 2. The second-order valence-corrected chi connectivity index (χ2v) is 5.01. The molecule has 108 valence electrons. The van der Waals surface area contributed by atoms with Gasteiger partial charge in [0.15, 0.2) is 5.82 Å². The van der Waals surface area contributed by atoms with Gasteiger partial charge in [-0.15, -0.1) is 5.10 Å². The van der Waals surface area contributed by atoms with Crippen molar-refractivity contribution in [2.45, 2.75) is 39.0 Å². The van der Waals surface area contributed by atoms with Crippen LogP contribution >= 0.6 is 0 Å². The fraction of sp³-hybridized carbons (Fsp3) is 0.917. The average molecular weight is 269 g/mol. The van der Waals surface area contributed by atoms with E-state index in [2.05, 4.69) is 34.7 Å². The molecular weight excluding hydrogens is 246 g/mol. The van der Waals surface area contributed by atoms with E-state index in [4.69, 9.17) is 9.47 Å². The highest BCUT2D eigenvalue weighted by molar-refractivity contribution is 4.90. The second-order valence-electron chi connectivity index (χ2n) is 5.01. The van der Waals surface area contributed by atoms with Crippen molar-refractivity contribution < 1.29 is 9.47 Å². The van der Waals surface area contributed by atoms with Crippen LogP contribution in [0.4, 0.5) is 0 Å². The molecule has 0 aromatic carbocycles. The maximum absolute atomic E-state index is 5.58. The Balaban J connectivity index is 1.92. The third-order valence-electron chi connectivity index (χ3n) is 3.64. The highest BCUT2D eigenvalue weighted by Gasteiger charge is 2.26. The van der Waals surface area contributed by atoms with Crippen LogP contribution in [0.2, 0.25) is 0 Å². The topological polar surface area (TPSA) is 74.1 Å². The summed E-state index contributed by atoms with van der Waals surface area (Å²) in [5.74, 6) is 1.36. The van der Waals surface area contributed by atoms with E-state index in [0.717, 1.165) is 31.9 Å². The average Bonchev–Trinajstić information content (AvgIpc) is 3.00. The minimum Gasteiger partial charge on any atom is -0.383 e. The van der Waals surface area contributed by atoms with E-state index in [1.165, 1.54) is 0 Å². The van der Waals surface area contributed by atoms with Crippen molar-refractivity contribution in [2.24, 2.45) is 5.92 Å². The van der Waals surface area contributed by atoms with Gasteiger partial charge in [-0.2, -0.15) is 0 Å². The molecule has 0 aliphatic carbocycles. The molecule has 2 heterocycles. The van der Waals surface area contributed by atoms with Gasteiger partial charge in [0.1, 0.15) is 0 Å². The van der Waals surface area contributed by atoms with Gasteiger partial charge in [0.2, 0.25) is 0 Å². The van der Waals surface area contributed by atoms with E-state index in [1.54, 1.807) is 7.11 Å². The molecule has 0 amide bonds. The summed E-state index contributed by atoms with van der Waals surface area (Å²) in [6, 6.07) is 0.114. The summed E-state index contributed by atoms with van der Waals surface area (Å²) in [4.78, 5) is 0. The second kappa shape index (κ2) is 6.93.